The maximum atomic E-state index is 13.6. The molecule has 2 aromatic rings. The van der Waals surface area contributed by atoms with E-state index in [-0.39, 0.29) is 16.9 Å². The maximum Gasteiger partial charge on any atom is 0.244 e. The van der Waals surface area contributed by atoms with Gasteiger partial charge in [0.2, 0.25) is 11.8 Å². The number of nitriles is 1. The van der Waals surface area contributed by atoms with Gasteiger partial charge in [0.1, 0.15) is 24.2 Å². The molecule has 2 rings (SSSR count). The van der Waals surface area contributed by atoms with Crippen LogP contribution in [0.25, 0.3) is 0 Å². The van der Waals surface area contributed by atoms with Gasteiger partial charge in [0.25, 0.3) is 0 Å². The predicted octanol–water partition coefficient (Wildman–Crippen LogP) is 2.83. The summed E-state index contributed by atoms with van der Waals surface area (Å²) in [6.07, 6.45) is 0. The SMILES string of the molecule is CC(=O)N(CC(=O)Nc1ccc(F)cc1F)c1ccccc1C#N. The Morgan fingerprint density at radius 1 is 1.21 bits per heavy atom. The summed E-state index contributed by atoms with van der Waals surface area (Å²) in [5.74, 6) is -2.81. The molecule has 1 N–H and O–H groups in total. The lowest BCUT2D eigenvalue weighted by molar-refractivity contribution is -0.120. The highest BCUT2D eigenvalue weighted by molar-refractivity contribution is 6.02. The van der Waals surface area contributed by atoms with Crippen LogP contribution in [0.3, 0.4) is 0 Å². The van der Waals surface area contributed by atoms with E-state index in [1.807, 2.05) is 6.07 Å². The molecule has 0 spiro atoms. The number of benzene rings is 2. The first-order chi connectivity index (χ1) is 11.4. The van der Waals surface area contributed by atoms with E-state index in [0.717, 1.165) is 17.0 Å². The van der Waals surface area contributed by atoms with E-state index in [4.69, 9.17) is 5.26 Å². The van der Waals surface area contributed by atoms with Gasteiger partial charge >= 0.3 is 0 Å². The zero-order valence-electron chi connectivity index (χ0n) is 12.7. The van der Waals surface area contributed by atoms with Gasteiger partial charge in [-0.3, -0.25) is 9.59 Å². The molecular formula is C17H13F2N3O2. The number of hydrogen-bond acceptors (Lipinski definition) is 3. The zero-order chi connectivity index (χ0) is 17.7. The van der Waals surface area contributed by atoms with Crippen molar-refractivity contribution in [3.63, 3.8) is 0 Å². The summed E-state index contributed by atoms with van der Waals surface area (Å²) in [7, 11) is 0. The third-order valence-corrected chi connectivity index (χ3v) is 3.20. The third-order valence-electron chi connectivity index (χ3n) is 3.20. The number of halogens is 2. The monoisotopic (exact) mass is 329 g/mol. The van der Waals surface area contributed by atoms with Gasteiger partial charge in [0.15, 0.2) is 0 Å². The molecule has 0 aliphatic heterocycles. The Kier molecular flexibility index (Phi) is 5.22. The highest BCUT2D eigenvalue weighted by atomic mass is 19.1. The zero-order valence-corrected chi connectivity index (χ0v) is 12.7. The Hall–Kier alpha value is -3.27. The summed E-state index contributed by atoms with van der Waals surface area (Å²) in [5, 5.41) is 11.4. The molecule has 24 heavy (non-hydrogen) atoms. The standard InChI is InChI=1S/C17H13F2N3O2/c1-11(23)22(16-5-3-2-4-12(16)9-20)10-17(24)21-15-7-6-13(18)8-14(15)19/h2-8H,10H2,1H3,(H,21,24). The lowest BCUT2D eigenvalue weighted by atomic mass is 10.1. The maximum absolute atomic E-state index is 13.6. The number of carbonyl (C=O) groups is 2. The van der Waals surface area contributed by atoms with Crippen LogP contribution in [0.4, 0.5) is 20.2 Å². The van der Waals surface area contributed by atoms with Crippen LogP contribution in [0.5, 0.6) is 0 Å². The Labute approximate surface area is 137 Å². The minimum Gasteiger partial charge on any atom is -0.322 e. The van der Waals surface area contributed by atoms with Crippen LogP contribution in [0.1, 0.15) is 12.5 Å². The van der Waals surface area contributed by atoms with Crippen molar-refractivity contribution in [1.82, 2.24) is 0 Å². The van der Waals surface area contributed by atoms with Crippen molar-refractivity contribution < 1.29 is 18.4 Å². The van der Waals surface area contributed by atoms with Crippen LogP contribution in [-0.4, -0.2) is 18.4 Å². The quantitative estimate of drug-likeness (QED) is 0.937. The summed E-state index contributed by atoms with van der Waals surface area (Å²) in [4.78, 5) is 25.0. The Bertz CT molecular complexity index is 831. The van der Waals surface area contributed by atoms with Crippen molar-refractivity contribution in [3.8, 4) is 6.07 Å². The summed E-state index contributed by atoms with van der Waals surface area (Å²) >= 11 is 0. The smallest absolute Gasteiger partial charge is 0.244 e. The van der Waals surface area contributed by atoms with Crippen LogP contribution in [0, 0.1) is 23.0 Å². The Morgan fingerprint density at radius 2 is 1.92 bits per heavy atom. The summed E-state index contributed by atoms with van der Waals surface area (Å²) in [5.41, 5.74) is 0.314. The Balaban J connectivity index is 2.20. The van der Waals surface area contributed by atoms with Crippen LogP contribution < -0.4 is 10.2 Å². The van der Waals surface area contributed by atoms with E-state index in [1.54, 1.807) is 12.1 Å². The number of hydrogen-bond donors (Lipinski definition) is 1. The number of rotatable bonds is 4. The summed E-state index contributed by atoms with van der Waals surface area (Å²) in [6, 6.07) is 11.0. The molecule has 7 heteroatoms. The topological polar surface area (TPSA) is 73.2 Å². The molecule has 5 nitrogen and oxygen atoms in total. The minimum absolute atomic E-state index is 0.196. The number of nitrogens with one attached hydrogen (secondary N) is 1. The molecule has 0 atom stereocenters. The van der Waals surface area contributed by atoms with Crippen LogP contribution in [0.15, 0.2) is 42.5 Å². The number of amides is 2. The molecule has 0 aliphatic carbocycles. The third kappa shape index (κ3) is 3.93. The van der Waals surface area contributed by atoms with E-state index < -0.39 is 30.0 Å². The van der Waals surface area contributed by atoms with Gasteiger partial charge < -0.3 is 10.2 Å². The van der Waals surface area contributed by atoms with E-state index in [2.05, 4.69) is 5.32 Å². The van der Waals surface area contributed by atoms with Gasteiger partial charge in [-0.15, -0.1) is 0 Å². The van der Waals surface area contributed by atoms with Crippen molar-refractivity contribution in [3.05, 3.63) is 59.7 Å². The molecule has 122 valence electrons. The van der Waals surface area contributed by atoms with Crippen LogP contribution in [-0.2, 0) is 9.59 Å². The number of nitrogens with zero attached hydrogens (tertiary/aromatic N) is 2. The molecule has 0 fully saturated rings. The fraction of sp³-hybridized carbons (Fsp3) is 0.118. The highest BCUT2D eigenvalue weighted by Gasteiger charge is 2.19. The molecule has 0 bridgehead atoms. The largest absolute Gasteiger partial charge is 0.322 e. The predicted molar refractivity (Wildman–Crippen MR) is 84.2 cm³/mol. The summed E-state index contributed by atoms with van der Waals surface area (Å²) in [6.45, 7) is 0.838. The van der Waals surface area contributed by atoms with Gasteiger partial charge in [-0.2, -0.15) is 5.26 Å². The van der Waals surface area contributed by atoms with Crippen LogP contribution in [0.2, 0.25) is 0 Å². The lowest BCUT2D eigenvalue weighted by Crippen LogP contribution is -2.37. The van der Waals surface area contributed by atoms with Gasteiger partial charge in [-0.25, -0.2) is 8.78 Å². The lowest BCUT2D eigenvalue weighted by Gasteiger charge is -2.21. The second-order valence-electron chi connectivity index (χ2n) is 4.91. The first-order valence-electron chi connectivity index (χ1n) is 6.94. The van der Waals surface area contributed by atoms with E-state index in [0.29, 0.717) is 6.07 Å². The fourth-order valence-corrected chi connectivity index (χ4v) is 2.09. The molecule has 0 radical (unpaired) electrons. The normalized spacial score (nSPS) is 9.92. The van der Waals surface area contributed by atoms with E-state index >= 15 is 0 Å². The van der Waals surface area contributed by atoms with Gasteiger partial charge in [0, 0.05) is 13.0 Å². The molecule has 0 unspecified atom stereocenters. The van der Waals surface area contributed by atoms with Crippen LogP contribution >= 0.6 is 0 Å². The van der Waals surface area contributed by atoms with Crippen molar-refractivity contribution in [2.75, 3.05) is 16.8 Å². The molecule has 0 saturated carbocycles. The molecule has 2 amide bonds. The van der Waals surface area contributed by atoms with E-state index in [9.17, 15) is 18.4 Å². The highest BCUT2D eigenvalue weighted by Crippen LogP contribution is 2.20. The van der Waals surface area contributed by atoms with Crippen molar-refractivity contribution in [1.29, 1.82) is 5.26 Å². The van der Waals surface area contributed by atoms with Crippen molar-refractivity contribution >= 4 is 23.2 Å². The molecule has 2 aromatic carbocycles. The fourth-order valence-electron chi connectivity index (χ4n) is 2.09. The number of para-hydroxylation sites is 1. The Morgan fingerprint density at radius 3 is 2.54 bits per heavy atom. The molecular weight excluding hydrogens is 316 g/mol. The van der Waals surface area contributed by atoms with E-state index in [1.165, 1.54) is 19.1 Å². The van der Waals surface area contributed by atoms with Gasteiger partial charge in [0.05, 0.1) is 16.9 Å². The first kappa shape index (κ1) is 17.1. The van der Waals surface area contributed by atoms with Gasteiger partial charge in [-0.1, -0.05) is 12.1 Å². The molecule has 0 saturated heterocycles. The van der Waals surface area contributed by atoms with Crippen molar-refractivity contribution in [2.24, 2.45) is 0 Å². The molecule has 0 aliphatic rings. The van der Waals surface area contributed by atoms with Gasteiger partial charge in [-0.05, 0) is 24.3 Å². The molecule has 0 heterocycles. The second-order valence-corrected chi connectivity index (χ2v) is 4.91. The number of anilines is 2. The summed E-state index contributed by atoms with van der Waals surface area (Å²) < 4.78 is 26.4. The first-order valence-corrected chi connectivity index (χ1v) is 6.94. The van der Waals surface area contributed by atoms with Crippen molar-refractivity contribution in [2.45, 2.75) is 6.92 Å². The second kappa shape index (κ2) is 7.33. The number of carbonyl (C=O) groups excluding carboxylic acids is 2. The average Bonchev–Trinajstić information content (AvgIpc) is 2.55. The average molecular weight is 329 g/mol. The minimum atomic E-state index is -0.921. The molecule has 0 aromatic heterocycles.